The van der Waals surface area contributed by atoms with Gasteiger partial charge in [-0.25, -0.2) is 4.98 Å². The second-order valence-electron chi connectivity index (χ2n) is 6.83. The quantitative estimate of drug-likeness (QED) is 0.322. The second-order valence-corrected chi connectivity index (χ2v) is 6.83. The molecular formula is C21H19N7O4. The van der Waals surface area contributed by atoms with Gasteiger partial charge in [-0.1, -0.05) is 23.4 Å². The topological polar surface area (TPSA) is 155 Å². The fourth-order valence-corrected chi connectivity index (χ4v) is 3.07. The lowest BCUT2D eigenvalue weighted by atomic mass is 10.1. The highest BCUT2D eigenvalue weighted by Crippen LogP contribution is 2.19. The molecule has 4 aromatic rings. The van der Waals surface area contributed by atoms with Gasteiger partial charge in [-0.2, -0.15) is 9.67 Å². The summed E-state index contributed by atoms with van der Waals surface area (Å²) in [6, 6.07) is 13.7. The predicted octanol–water partition coefficient (Wildman–Crippen LogP) is 1.30. The number of aromatic nitrogens is 5. The Labute approximate surface area is 181 Å². The van der Waals surface area contributed by atoms with Gasteiger partial charge in [0.1, 0.15) is 0 Å². The number of aliphatic hydroxyl groups is 1. The summed E-state index contributed by atoms with van der Waals surface area (Å²) in [7, 11) is 0. The van der Waals surface area contributed by atoms with Crippen LogP contribution in [0.25, 0.3) is 16.9 Å². The smallest absolute Gasteiger partial charge is 0.307 e. The van der Waals surface area contributed by atoms with Crippen molar-refractivity contribution in [1.82, 2.24) is 30.3 Å². The number of nitrogens with zero attached hydrogens (tertiary/aromatic N) is 5. The number of carboxylic acids is 1. The van der Waals surface area contributed by atoms with Gasteiger partial charge in [-0.15, -0.1) is 5.10 Å². The van der Waals surface area contributed by atoms with E-state index in [1.807, 2.05) is 0 Å². The standard InChI is InChI=1S/C21H19N7O4/c29-8-7-22-20(32)14-4-2-5-15(11-14)24-21-23-12-17-19(25-21)28(27-26-17)16-6-1-3-13(9-16)10-18(30)31/h1-6,9,11-12,29H,7-8,10H2,(H,22,32)(H,30,31)(H,23,24,25). The zero-order chi connectivity index (χ0) is 22.5. The van der Waals surface area contributed by atoms with Gasteiger partial charge in [0.05, 0.1) is 24.9 Å². The molecular weight excluding hydrogens is 414 g/mol. The summed E-state index contributed by atoms with van der Waals surface area (Å²) >= 11 is 0. The van der Waals surface area contributed by atoms with Crippen LogP contribution in [0.1, 0.15) is 15.9 Å². The molecule has 2 heterocycles. The van der Waals surface area contributed by atoms with Crippen LogP contribution >= 0.6 is 0 Å². The molecule has 11 heteroatoms. The van der Waals surface area contributed by atoms with E-state index in [0.717, 1.165) is 0 Å². The molecule has 0 unspecified atom stereocenters. The molecule has 0 saturated carbocycles. The summed E-state index contributed by atoms with van der Waals surface area (Å²) in [5, 5.41) is 31.7. The van der Waals surface area contributed by atoms with Crippen molar-refractivity contribution in [1.29, 1.82) is 0 Å². The number of hydrogen-bond acceptors (Lipinski definition) is 8. The number of rotatable bonds is 8. The number of benzene rings is 2. The number of hydrogen-bond donors (Lipinski definition) is 4. The van der Waals surface area contributed by atoms with E-state index >= 15 is 0 Å². The Morgan fingerprint density at radius 1 is 1.09 bits per heavy atom. The maximum absolute atomic E-state index is 12.1. The highest BCUT2D eigenvalue weighted by Gasteiger charge is 2.12. The molecule has 0 aliphatic heterocycles. The van der Waals surface area contributed by atoms with E-state index in [1.54, 1.807) is 48.5 Å². The number of aliphatic hydroxyl groups excluding tert-OH is 1. The molecule has 2 aromatic carbocycles. The molecule has 0 bridgehead atoms. The largest absolute Gasteiger partial charge is 0.481 e. The third-order valence-corrected chi connectivity index (χ3v) is 4.48. The number of carbonyl (C=O) groups is 2. The Kier molecular flexibility index (Phi) is 5.99. The van der Waals surface area contributed by atoms with Crippen LogP contribution in [0, 0.1) is 0 Å². The molecule has 4 rings (SSSR count). The molecule has 0 aliphatic rings. The first-order valence-electron chi connectivity index (χ1n) is 9.69. The van der Waals surface area contributed by atoms with Gasteiger partial charge in [0.25, 0.3) is 5.91 Å². The number of carboxylic acid groups (broad SMARTS) is 1. The van der Waals surface area contributed by atoms with Gasteiger partial charge in [-0.3, -0.25) is 9.59 Å². The predicted molar refractivity (Wildman–Crippen MR) is 115 cm³/mol. The van der Waals surface area contributed by atoms with Gasteiger partial charge >= 0.3 is 5.97 Å². The normalized spacial score (nSPS) is 10.8. The average Bonchev–Trinajstić information content (AvgIpc) is 3.21. The second kappa shape index (κ2) is 9.18. The van der Waals surface area contributed by atoms with Crippen molar-refractivity contribution in [3.63, 3.8) is 0 Å². The fraction of sp³-hybridized carbons (Fsp3) is 0.143. The number of amides is 1. The van der Waals surface area contributed by atoms with Crippen molar-refractivity contribution in [2.75, 3.05) is 18.5 Å². The Bertz CT molecular complexity index is 1290. The lowest BCUT2D eigenvalue weighted by Crippen LogP contribution is -2.26. The lowest BCUT2D eigenvalue weighted by Gasteiger charge is -2.08. The summed E-state index contributed by atoms with van der Waals surface area (Å²) in [6.07, 6.45) is 1.41. The first-order valence-corrected chi connectivity index (χ1v) is 9.69. The van der Waals surface area contributed by atoms with Crippen molar-refractivity contribution >= 4 is 34.7 Å². The molecule has 0 atom stereocenters. The van der Waals surface area contributed by atoms with E-state index in [1.165, 1.54) is 10.9 Å². The summed E-state index contributed by atoms with van der Waals surface area (Å²) in [4.78, 5) is 31.8. The van der Waals surface area contributed by atoms with E-state index in [9.17, 15) is 9.59 Å². The molecule has 0 radical (unpaired) electrons. The van der Waals surface area contributed by atoms with E-state index in [0.29, 0.717) is 33.7 Å². The Balaban J connectivity index is 1.61. The van der Waals surface area contributed by atoms with Crippen LogP contribution in [0.4, 0.5) is 11.6 Å². The molecule has 0 spiro atoms. The molecule has 11 nitrogen and oxygen atoms in total. The number of fused-ring (bicyclic) bond motifs is 1. The molecule has 0 fully saturated rings. The summed E-state index contributed by atoms with van der Waals surface area (Å²) in [5.41, 5.74) is 3.18. The van der Waals surface area contributed by atoms with Gasteiger partial charge < -0.3 is 20.8 Å². The summed E-state index contributed by atoms with van der Waals surface area (Å²) < 4.78 is 1.51. The van der Waals surface area contributed by atoms with Crippen molar-refractivity contribution < 1.29 is 19.8 Å². The van der Waals surface area contributed by atoms with Crippen LogP contribution in [0.3, 0.4) is 0 Å². The monoisotopic (exact) mass is 433 g/mol. The van der Waals surface area contributed by atoms with Crippen molar-refractivity contribution in [2.24, 2.45) is 0 Å². The van der Waals surface area contributed by atoms with Gasteiger partial charge in [-0.05, 0) is 35.9 Å². The molecule has 4 N–H and O–H groups in total. The minimum atomic E-state index is -0.924. The first kappa shape index (κ1) is 20.9. The van der Waals surface area contributed by atoms with Crippen molar-refractivity contribution in [2.45, 2.75) is 6.42 Å². The molecule has 1 amide bonds. The third kappa shape index (κ3) is 4.68. The number of anilines is 2. The maximum Gasteiger partial charge on any atom is 0.307 e. The maximum atomic E-state index is 12.1. The summed E-state index contributed by atoms with van der Waals surface area (Å²) in [6.45, 7) is 0.0272. The SMILES string of the molecule is O=C(O)Cc1cccc(-n2nnc3cnc(Nc4cccc(C(=O)NCCO)c4)nc32)c1. The average molecular weight is 433 g/mol. The van der Waals surface area contributed by atoms with Crippen LogP contribution in [-0.2, 0) is 11.2 Å². The molecule has 2 aromatic heterocycles. The Hall–Kier alpha value is -4.38. The van der Waals surface area contributed by atoms with Gasteiger partial charge in [0.15, 0.2) is 11.2 Å². The first-order chi connectivity index (χ1) is 15.5. The van der Waals surface area contributed by atoms with E-state index < -0.39 is 5.97 Å². The van der Waals surface area contributed by atoms with Gasteiger partial charge in [0.2, 0.25) is 5.95 Å². The Morgan fingerprint density at radius 2 is 1.94 bits per heavy atom. The van der Waals surface area contributed by atoms with Crippen LogP contribution in [0.5, 0.6) is 0 Å². The number of nitrogens with one attached hydrogen (secondary N) is 2. The number of aliphatic carboxylic acids is 1. The Morgan fingerprint density at radius 3 is 2.75 bits per heavy atom. The van der Waals surface area contributed by atoms with Crippen LogP contribution in [0.15, 0.2) is 54.7 Å². The van der Waals surface area contributed by atoms with E-state index in [2.05, 4.69) is 30.9 Å². The molecule has 162 valence electrons. The lowest BCUT2D eigenvalue weighted by molar-refractivity contribution is -0.136. The summed E-state index contributed by atoms with van der Waals surface area (Å²) in [5.74, 6) is -0.954. The van der Waals surface area contributed by atoms with Crippen molar-refractivity contribution in [3.05, 3.63) is 65.9 Å². The third-order valence-electron chi connectivity index (χ3n) is 4.48. The van der Waals surface area contributed by atoms with Crippen LogP contribution < -0.4 is 10.6 Å². The minimum absolute atomic E-state index is 0.107. The zero-order valence-corrected chi connectivity index (χ0v) is 16.8. The number of carbonyl (C=O) groups excluding carboxylic acids is 1. The highest BCUT2D eigenvalue weighted by atomic mass is 16.4. The molecule has 0 saturated heterocycles. The fourth-order valence-electron chi connectivity index (χ4n) is 3.07. The highest BCUT2D eigenvalue weighted by molar-refractivity contribution is 5.95. The van der Waals surface area contributed by atoms with Crippen LogP contribution in [-0.4, -0.2) is 60.2 Å². The minimum Gasteiger partial charge on any atom is -0.481 e. The molecule has 32 heavy (non-hydrogen) atoms. The van der Waals surface area contributed by atoms with E-state index in [-0.39, 0.29) is 31.4 Å². The van der Waals surface area contributed by atoms with Crippen molar-refractivity contribution in [3.8, 4) is 5.69 Å². The van der Waals surface area contributed by atoms with Gasteiger partial charge in [0, 0.05) is 17.8 Å². The zero-order valence-electron chi connectivity index (χ0n) is 16.8. The molecule has 0 aliphatic carbocycles. The van der Waals surface area contributed by atoms with E-state index in [4.69, 9.17) is 10.2 Å². The van der Waals surface area contributed by atoms with Crippen LogP contribution in [0.2, 0.25) is 0 Å².